The molecule has 0 unspecified atom stereocenters. The van der Waals surface area contributed by atoms with Crippen molar-refractivity contribution in [3.8, 4) is 5.75 Å². The summed E-state index contributed by atoms with van der Waals surface area (Å²) in [6, 6.07) is 6.20. The van der Waals surface area contributed by atoms with Crippen LogP contribution in [0.4, 0.5) is 5.69 Å². The Balaban J connectivity index is 1.94. The summed E-state index contributed by atoms with van der Waals surface area (Å²) >= 11 is 1.33. The van der Waals surface area contributed by atoms with E-state index in [2.05, 4.69) is 10.4 Å². The number of aromatic nitrogens is 2. The number of benzene rings is 1. The number of nitrogens with zero attached hydrogens (tertiary/aromatic N) is 2. The second-order valence-electron chi connectivity index (χ2n) is 6.18. The van der Waals surface area contributed by atoms with Gasteiger partial charge in [0, 0.05) is 12.4 Å². The molecule has 0 aliphatic carbocycles. The van der Waals surface area contributed by atoms with Gasteiger partial charge in [0.2, 0.25) is 0 Å². The lowest BCUT2D eigenvalue weighted by Gasteiger charge is -2.15. The normalized spacial score (nSPS) is 11.1. The minimum absolute atomic E-state index is 0.0767. The lowest BCUT2D eigenvalue weighted by atomic mass is 10.2. The molecule has 0 fully saturated rings. The Hall–Kier alpha value is -2.87. The molecule has 1 aromatic carbocycles. The van der Waals surface area contributed by atoms with Gasteiger partial charge in [-0.15, -0.1) is 11.3 Å². The average molecular weight is 373 g/mol. The van der Waals surface area contributed by atoms with E-state index in [1.807, 2.05) is 27.8 Å². The Morgan fingerprint density at radius 3 is 2.65 bits per heavy atom. The van der Waals surface area contributed by atoms with Crippen molar-refractivity contribution >= 4 is 39.1 Å². The Labute approximate surface area is 154 Å². The van der Waals surface area contributed by atoms with E-state index >= 15 is 0 Å². The van der Waals surface area contributed by atoms with Gasteiger partial charge < -0.3 is 15.2 Å². The quantitative estimate of drug-likeness (QED) is 0.711. The zero-order valence-corrected chi connectivity index (χ0v) is 15.7. The van der Waals surface area contributed by atoms with Gasteiger partial charge in [-0.2, -0.15) is 5.10 Å². The van der Waals surface area contributed by atoms with Crippen LogP contribution >= 0.6 is 11.3 Å². The molecular formula is C18H19N3O4S. The highest BCUT2D eigenvalue weighted by molar-refractivity contribution is 7.20. The van der Waals surface area contributed by atoms with Crippen LogP contribution in [-0.4, -0.2) is 32.9 Å². The second kappa shape index (κ2) is 6.80. The fraction of sp³-hybridized carbons (Fsp3) is 0.278. The molecule has 7 nitrogen and oxygen atoms in total. The first-order valence-electron chi connectivity index (χ1n) is 8.04. The van der Waals surface area contributed by atoms with Crippen molar-refractivity contribution in [3.05, 3.63) is 40.4 Å². The van der Waals surface area contributed by atoms with Crippen LogP contribution in [0.3, 0.4) is 0 Å². The first kappa shape index (κ1) is 17.9. The molecule has 0 spiro atoms. The number of carbonyl (C=O) groups excluding carboxylic acids is 1. The Morgan fingerprint density at radius 2 is 2.04 bits per heavy atom. The minimum atomic E-state index is -1.07. The van der Waals surface area contributed by atoms with Gasteiger partial charge in [-0.05, 0) is 45.0 Å². The molecule has 2 N–H and O–H groups in total. The standard InChI is InChI=1S/C18H19N3O4S/c1-9(2)25-14-6-5-11(18(23)24)7-13(14)19-16(22)15-8-12-10(3)20-21(4)17(12)26-15/h5-9H,1-4H3,(H,19,22)(H,23,24). The van der Waals surface area contributed by atoms with Crippen LogP contribution in [-0.2, 0) is 7.05 Å². The van der Waals surface area contributed by atoms with Crippen LogP contribution in [0.5, 0.6) is 5.75 Å². The molecular weight excluding hydrogens is 354 g/mol. The Bertz CT molecular complexity index is 969. The highest BCUT2D eigenvalue weighted by Gasteiger charge is 2.18. The molecule has 0 saturated carbocycles. The molecule has 0 bridgehead atoms. The predicted molar refractivity (Wildman–Crippen MR) is 100 cm³/mol. The largest absolute Gasteiger partial charge is 0.489 e. The third kappa shape index (κ3) is 3.41. The van der Waals surface area contributed by atoms with Crippen LogP contribution < -0.4 is 10.1 Å². The molecule has 3 aromatic rings. The first-order valence-corrected chi connectivity index (χ1v) is 8.86. The monoisotopic (exact) mass is 373 g/mol. The van der Waals surface area contributed by atoms with Crippen LogP contribution in [0.2, 0.25) is 0 Å². The number of carboxylic acid groups (broad SMARTS) is 1. The van der Waals surface area contributed by atoms with Gasteiger partial charge in [0.25, 0.3) is 5.91 Å². The van der Waals surface area contributed by atoms with Gasteiger partial charge in [0.1, 0.15) is 10.6 Å². The number of carboxylic acids is 1. The van der Waals surface area contributed by atoms with Crippen molar-refractivity contribution in [3.63, 3.8) is 0 Å². The summed E-state index contributed by atoms with van der Waals surface area (Å²) < 4.78 is 7.42. The van der Waals surface area contributed by atoms with Gasteiger partial charge in [0.15, 0.2) is 0 Å². The molecule has 0 atom stereocenters. The lowest BCUT2D eigenvalue weighted by Crippen LogP contribution is -2.14. The van der Waals surface area contributed by atoms with Gasteiger partial charge in [0.05, 0.1) is 27.9 Å². The number of nitrogens with one attached hydrogen (secondary N) is 1. The molecule has 1 amide bonds. The van der Waals surface area contributed by atoms with E-state index in [9.17, 15) is 14.7 Å². The molecule has 2 aromatic heterocycles. The number of fused-ring (bicyclic) bond motifs is 1. The molecule has 8 heteroatoms. The van der Waals surface area contributed by atoms with Crippen LogP contribution in [0.1, 0.15) is 39.6 Å². The predicted octanol–water partition coefficient (Wildman–Crippen LogP) is 3.68. The molecule has 26 heavy (non-hydrogen) atoms. The maximum atomic E-state index is 12.7. The van der Waals surface area contributed by atoms with Gasteiger partial charge in [-0.3, -0.25) is 9.48 Å². The lowest BCUT2D eigenvalue weighted by molar-refractivity contribution is 0.0696. The molecule has 136 valence electrons. The molecule has 0 saturated heterocycles. The highest BCUT2D eigenvalue weighted by Crippen LogP contribution is 2.31. The van der Waals surface area contributed by atoms with Crippen LogP contribution in [0.25, 0.3) is 10.2 Å². The summed E-state index contributed by atoms with van der Waals surface area (Å²) in [6.45, 7) is 5.61. The van der Waals surface area contributed by atoms with E-state index in [0.29, 0.717) is 16.3 Å². The van der Waals surface area contributed by atoms with Gasteiger partial charge >= 0.3 is 5.97 Å². The van der Waals surface area contributed by atoms with Gasteiger partial charge in [-0.25, -0.2) is 4.79 Å². The number of aromatic carboxylic acids is 1. The average Bonchev–Trinajstić information content (AvgIpc) is 3.10. The Morgan fingerprint density at radius 1 is 1.31 bits per heavy atom. The van der Waals surface area contributed by atoms with E-state index in [-0.39, 0.29) is 17.6 Å². The first-order chi connectivity index (χ1) is 12.3. The highest BCUT2D eigenvalue weighted by atomic mass is 32.1. The summed E-state index contributed by atoms with van der Waals surface area (Å²) in [7, 11) is 1.83. The minimum Gasteiger partial charge on any atom is -0.489 e. The maximum absolute atomic E-state index is 12.7. The van der Waals surface area contributed by atoms with E-state index < -0.39 is 5.97 Å². The third-order valence-electron chi connectivity index (χ3n) is 3.76. The number of carbonyl (C=O) groups is 2. The number of anilines is 1. The van der Waals surface area contributed by atoms with Crippen LogP contribution in [0.15, 0.2) is 24.3 Å². The van der Waals surface area contributed by atoms with Crippen LogP contribution in [0, 0.1) is 6.92 Å². The fourth-order valence-corrected chi connectivity index (χ4v) is 3.64. The van der Waals surface area contributed by atoms with Crippen molar-refractivity contribution in [1.29, 1.82) is 0 Å². The maximum Gasteiger partial charge on any atom is 0.335 e. The summed E-state index contributed by atoms with van der Waals surface area (Å²) in [5, 5.41) is 17.2. The van der Waals surface area contributed by atoms with E-state index in [0.717, 1.165) is 15.9 Å². The summed E-state index contributed by atoms with van der Waals surface area (Å²) in [4.78, 5) is 25.4. The van der Waals surface area contributed by atoms with Crippen molar-refractivity contribution in [2.45, 2.75) is 26.9 Å². The van der Waals surface area contributed by atoms with E-state index in [4.69, 9.17) is 4.74 Å². The number of hydrogen-bond donors (Lipinski definition) is 2. The molecule has 0 aliphatic rings. The number of rotatable bonds is 5. The molecule has 0 aliphatic heterocycles. The number of ether oxygens (including phenoxy) is 1. The second-order valence-corrected chi connectivity index (χ2v) is 7.21. The zero-order chi connectivity index (χ0) is 19.0. The summed E-state index contributed by atoms with van der Waals surface area (Å²) in [6.07, 6.45) is -0.112. The fourth-order valence-electron chi connectivity index (χ4n) is 2.62. The number of aryl methyl sites for hydroxylation is 2. The topological polar surface area (TPSA) is 93.5 Å². The number of hydrogen-bond acceptors (Lipinski definition) is 5. The SMILES string of the molecule is Cc1nn(C)c2sc(C(=O)Nc3cc(C(=O)O)ccc3OC(C)C)cc12. The number of amides is 1. The Kier molecular flexibility index (Phi) is 4.69. The summed E-state index contributed by atoms with van der Waals surface area (Å²) in [5.74, 6) is -0.959. The molecule has 0 radical (unpaired) electrons. The third-order valence-corrected chi connectivity index (χ3v) is 4.96. The van der Waals surface area contributed by atoms with E-state index in [1.165, 1.54) is 23.5 Å². The van der Waals surface area contributed by atoms with Crippen molar-refractivity contribution in [2.75, 3.05) is 5.32 Å². The van der Waals surface area contributed by atoms with Crippen molar-refractivity contribution in [2.24, 2.45) is 7.05 Å². The smallest absolute Gasteiger partial charge is 0.335 e. The molecule has 2 heterocycles. The summed E-state index contributed by atoms with van der Waals surface area (Å²) in [5.41, 5.74) is 1.26. The van der Waals surface area contributed by atoms with Crippen molar-refractivity contribution < 1.29 is 19.4 Å². The van der Waals surface area contributed by atoms with Crippen molar-refractivity contribution in [1.82, 2.24) is 9.78 Å². The molecule has 3 rings (SSSR count). The van der Waals surface area contributed by atoms with E-state index in [1.54, 1.807) is 16.8 Å². The number of thiophene rings is 1. The van der Waals surface area contributed by atoms with Gasteiger partial charge in [-0.1, -0.05) is 0 Å². The zero-order valence-electron chi connectivity index (χ0n) is 14.9.